The van der Waals surface area contributed by atoms with Crippen molar-refractivity contribution in [1.29, 1.82) is 0 Å². The van der Waals surface area contributed by atoms with Crippen molar-refractivity contribution in [2.75, 3.05) is 13.2 Å². The van der Waals surface area contributed by atoms with Crippen LogP contribution in [0.3, 0.4) is 0 Å². The molecule has 6 aromatic rings. The Morgan fingerprint density at radius 1 is 0.804 bits per heavy atom. The molecule has 18 heteroatoms. The number of aromatic nitrogens is 7. The van der Waals surface area contributed by atoms with Gasteiger partial charge in [0.1, 0.15) is 15.2 Å². The number of halogens is 6. The van der Waals surface area contributed by atoms with Gasteiger partial charge in [-0.05, 0) is 139 Å². The Kier molecular flexibility index (Phi) is 15.8. The van der Waals surface area contributed by atoms with Gasteiger partial charge in [-0.1, -0.05) is 47.5 Å². The van der Waals surface area contributed by atoms with E-state index in [1.54, 1.807) is 48.9 Å². The molecule has 6 rings (SSSR count). The highest BCUT2D eigenvalue weighted by Crippen LogP contribution is 2.20. The fraction of sp³-hybridized carbons (Fsp3) is 0.121. The average Bonchev–Trinajstić information content (AvgIpc) is 3.13. The van der Waals surface area contributed by atoms with Crippen molar-refractivity contribution in [2.24, 2.45) is 5.73 Å². The van der Waals surface area contributed by atoms with Crippen LogP contribution in [0.5, 0.6) is 5.75 Å². The molecule has 0 atom stereocenters. The van der Waals surface area contributed by atoms with Crippen LogP contribution < -0.4 is 27.1 Å². The van der Waals surface area contributed by atoms with Crippen molar-refractivity contribution >= 4 is 100 Å². The highest BCUT2D eigenvalue weighted by Gasteiger charge is 2.11. The highest BCUT2D eigenvalue weighted by atomic mass is 127. The van der Waals surface area contributed by atoms with E-state index in [9.17, 15) is 14.4 Å². The summed E-state index contributed by atoms with van der Waals surface area (Å²) >= 11 is 22.0. The molecule has 2 N–H and O–H groups in total. The van der Waals surface area contributed by atoms with Crippen LogP contribution >= 0.6 is 100 Å². The van der Waals surface area contributed by atoms with E-state index in [-0.39, 0.29) is 21.2 Å². The fourth-order valence-corrected chi connectivity index (χ4v) is 5.49. The Morgan fingerprint density at radius 2 is 1.47 bits per heavy atom. The quantitative estimate of drug-likeness (QED) is 0.130. The van der Waals surface area contributed by atoms with Crippen molar-refractivity contribution < 1.29 is 4.74 Å². The van der Waals surface area contributed by atoms with Crippen LogP contribution in [-0.4, -0.2) is 47.5 Å². The fourth-order valence-electron chi connectivity index (χ4n) is 3.99. The van der Waals surface area contributed by atoms with E-state index < -0.39 is 5.56 Å². The minimum Gasteiger partial charge on any atom is -0.493 e. The Bertz CT molecular complexity index is 2310. The first-order valence-electron chi connectivity index (χ1n) is 14.6. The van der Waals surface area contributed by atoms with Crippen molar-refractivity contribution in [3.8, 4) is 22.9 Å². The van der Waals surface area contributed by atoms with Gasteiger partial charge < -0.3 is 10.5 Å². The molecular formula is C33H26Br2Cl2I2N8O4. The molecule has 4 aromatic heterocycles. The number of benzene rings is 2. The molecule has 0 aliphatic heterocycles. The Hall–Kier alpha value is -3.01. The van der Waals surface area contributed by atoms with Crippen LogP contribution in [-0.2, 0) is 0 Å². The van der Waals surface area contributed by atoms with E-state index in [0.717, 1.165) is 25.9 Å². The lowest BCUT2D eigenvalue weighted by molar-refractivity contribution is 0.313. The predicted octanol–water partition coefficient (Wildman–Crippen LogP) is 7.17. The second-order valence-electron chi connectivity index (χ2n) is 10.1. The van der Waals surface area contributed by atoms with Crippen LogP contribution in [0, 0.1) is 14.1 Å². The molecule has 0 fully saturated rings. The molecular weight excluding hydrogens is 1060 g/mol. The summed E-state index contributed by atoms with van der Waals surface area (Å²) in [6.45, 7) is 3.12. The topological polar surface area (TPSA) is 153 Å². The van der Waals surface area contributed by atoms with E-state index in [1.165, 1.54) is 15.6 Å². The first kappa shape index (κ1) is 40.8. The molecule has 0 unspecified atom stereocenters. The smallest absolute Gasteiger partial charge is 0.293 e. The molecule has 0 spiro atoms. The van der Waals surface area contributed by atoms with E-state index in [2.05, 4.69) is 74.7 Å². The molecule has 0 aliphatic carbocycles. The van der Waals surface area contributed by atoms with Gasteiger partial charge >= 0.3 is 0 Å². The summed E-state index contributed by atoms with van der Waals surface area (Å²) in [7, 11) is 0. The summed E-state index contributed by atoms with van der Waals surface area (Å²) in [4.78, 5) is 39.7. The number of nitrogens with two attached hydrogens (primary N) is 1. The molecule has 2 aromatic carbocycles. The van der Waals surface area contributed by atoms with Crippen LogP contribution in [0.25, 0.3) is 17.2 Å². The first-order valence-corrected chi connectivity index (χ1v) is 19.1. The van der Waals surface area contributed by atoms with E-state index >= 15 is 0 Å². The normalized spacial score (nSPS) is 10.4. The number of ether oxygens (including phenoxy) is 1. The van der Waals surface area contributed by atoms with Gasteiger partial charge in [0.15, 0.2) is 5.82 Å². The lowest BCUT2D eigenvalue weighted by Gasteiger charge is -2.09. The van der Waals surface area contributed by atoms with Crippen molar-refractivity contribution in [2.45, 2.75) is 13.3 Å². The average molecular weight is 1080 g/mol. The Labute approximate surface area is 345 Å². The third kappa shape index (κ3) is 11.0. The number of nitrogens with zero attached hydrogens (tertiary/aromatic N) is 7. The maximum Gasteiger partial charge on any atom is 0.293 e. The zero-order chi connectivity index (χ0) is 37.1. The van der Waals surface area contributed by atoms with E-state index in [0.29, 0.717) is 42.9 Å². The lowest BCUT2D eigenvalue weighted by atomic mass is 10.2. The molecule has 0 radical (unpaired) electrons. The molecule has 4 heterocycles. The number of aryl methyl sites for hydroxylation is 1. The second kappa shape index (κ2) is 19.7. The van der Waals surface area contributed by atoms with E-state index in [1.807, 2.05) is 65.9 Å². The summed E-state index contributed by atoms with van der Waals surface area (Å²) in [6, 6.07) is 20.1. The SMILES string of the molecule is Cc1cccc(-n2ncc(I)c(I)c2=O)c1.NCCCOc1cccc(-n2ncc(Br)c(Br)c2=O)c1.O=c1c(Cl)c(Cl)cnn1-c1ccccn1. The number of rotatable bonds is 7. The zero-order valence-electron chi connectivity index (χ0n) is 26.4. The third-order valence-corrected chi connectivity index (χ3v) is 12.0. The van der Waals surface area contributed by atoms with Gasteiger partial charge in [-0.3, -0.25) is 14.4 Å². The summed E-state index contributed by atoms with van der Waals surface area (Å²) in [5.41, 5.74) is 7.19. The predicted molar refractivity (Wildman–Crippen MR) is 222 cm³/mol. The number of hydrogen-bond acceptors (Lipinski definition) is 9. The van der Waals surface area contributed by atoms with Crippen LogP contribution in [0.15, 0.2) is 115 Å². The third-order valence-electron chi connectivity index (χ3n) is 6.42. The van der Waals surface area contributed by atoms with Gasteiger partial charge in [0.25, 0.3) is 16.7 Å². The summed E-state index contributed by atoms with van der Waals surface area (Å²) < 4.78 is 12.0. The maximum atomic E-state index is 12.1. The van der Waals surface area contributed by atoms with Crippen LogP contribution in [0.2, 0.25) is 10.0 Å². The van der Waals surface area contributed by atoms with Crippen LogP contribution in [0.1, 0.15) is 12.0 Å². The maximum absolute atomic E-state index is 12.1. The van der Waals surface area contributed by atoms with Gasteiger partial charge in [-0.25, -0.2) is 4.98 Å². The number of hydrogen-bond donors (Lipinski definition) is 1. The standard InChI is InChI=1S/C13H13Br2N3O2.C11H8I2N2O.C9H5Cl2N3O/c14-11-8-17-18(13(19)12(11)15)9-3-1-4-10(7-9)20-6-2-5-16;1-7-3-2-4-8(5-7)15-11(16)10(13)9(12)6-14-15;10-6-5-13-14(9(15)8(6)11)7-3-1-2-4-12-7/h1,3-4,7-8H,2,5-6,16H2;2-6H,1H3;1-5H. The van der Waals surface area contributed by atoms with Crippen molar-refractivity contribution in [3.05, 3.63) is 154 Å². The molecule has 0 saturated heterocycles. The second-order valence-corrected chi connectivity index (χ2v) is 14.8. The summed E-state index contributed by atoms with van der Waals surface area (Å²) in [5.74, 6) is 1.09. The highest BCUT2D eigenvalue weighted by molar-refractivity contribution is 14.1. The molecule has 264 valence electrons. The molecule has 51 heavy (non-hydrogen) atoms. The minimum absolute atomic E-state index is 0.0580. The van der Waals surface area contributed by atoms with Crippen molar-refractivity contribution in [3.63, 3.8) is 0 Å². The van der Waals surface area contributed by atoms with Crippen LogP contribution in [0.4, 0.5) is 0 Å². The summed E-state index contributed by atoms with van der Waals surface area (Å²) in [5, 5.41) is 12.1. The molecule has 0 bridgehead atoms. The van der Waals surface area contributed by atoms with Crippen molar-refractivity contribution in [1.82, 2.24) is 34.3 Å². The molecule has 0 amide bonds. The lowest BCUT2D eigenvalue weighted by Crippen LogP contribution is -2.24. The van der Waals surface area contributed by atoms with Gasteiger partial charge in [0.05, 0.1) is 53.2 Å². The molecule has 12 nitrogen and oxygen atoms in total. The van der Waals surface area contributed by atoms with Gasteiger partial charge in [-0.2, -0.15) is 29.3 Å². The monoisotopic (exact) mass is 1080 g/mol. The molecule has 0 aliphatic rings. The Balaban J connectivity index is 0.000000174. The summed E-state index contributed by atoms with van der Waals surface area (Å²) in [6.07, 6.45) is 6.91. The van der Waals surface area contributed by atoms with E-state index in [4.69, 9.17) is 33.7 Å². The minimum atomic E-state index is -0.483. The largest absolute Gasteiger partial charge is 0.493 e. The van der Waals surface area contributed by atoms with Gasteiger partial charge in [0.2, 0.25) is 0 Å². The zero-order valence-corrected chi connectivity index (χ0v) is 35.4. The van der Waals surface area contributed by atoms with Gasteiger partial charge in [-0.15, -0.1) is 0 Å². The molecule has 0 saturated carbocycles. The van der Waals surface area contributed by atoms with Gasteiger partial charge in [0, 0.05) is 12.3 Å². The Morgan fingerprint density at radius 3 is 2.16 bits per heavy atom. The first-order chi connectivity index (χ1) is 24.4. The number of pyridine rings is 1.